The van der Waals surface area contributed by atoms with Gasteiger partial charge in [0.25, 0.3) is 0 Å². The number of carboxylic acids is 1. The van der Waals surface area contributed by atoms with Crippen LogP contribution in [0.3, 0.4) is 0 Å². The summed E-state index contributed by atoms with van der Waals surface area (Å²) in [4.78, 5) is 10.2. The average Bonchev–Trinajstić information content (AvgIpc) is 2.20. The van der Waals surface area contributed by atoms with Crippen LogP contribution < -0.4 is 0 Å². The van der Waals surface area contributed by atoms with Gasteiger partial charge in [0.15, 0.2) is 0 Å². The molecule has 0 radical (unpaired) electrons. The predicted molar refractivity (Wildman–Crippen MR) is 52.4 cm³/mol. The summed E-state index contributed by atoms with van der Waals surface area (Å²) in [6, 6.07) is 6.10. The molecule has 0 saturated heterocycles. The largest absolute Gasteiger partial charge is 0.481 e. The van der Waals surface area contributed by atoms with E-state index in [9.17, 15) is 9.18 Å². The van der Waals surface area contributed by atoms with E-state index in [4.69, 9.17) is 10.4 Å². The fourth-order valence-corrected chi connectivity index (χ4v) is 1.05. The number of hydrogen-bond acceptors (Lipinski definition) is 2. The van der Waals surface area contributed by atoms with Gasteiger partial charge in [0.05, 0.1) is 12.0 Å². The summed E-state index contributed by atoms with van der Waals surface area (Å²) in [7, 11) is 0. The molecule has 3 nitrogen and oxygen atoms in total. The summed E-state index contributed by atoms with van der Waals surface area (Å²) in [6.45, 7) is 0. The normalized spacial score (nSPS) is 10.1. The SMILES string of the molecule is N#Cc1cccc(C=CCC(=O)O)c1F. The van der Waals surface area contributed by atoms with Crippen molar-refractivity contribution in [3.63, 3.8) is 0 Å². The van der Waals surface area contributed by atoms with Crippen LogP contribution in [-0.2, 0) is 4.79 Å². The Balaban J connectivity index is 2.92. The third-order valence-corrected chi connectivity index (χ3v) is 1.74. The van der Waals surface area contributed by atoms with Crippen LogP contribution >= 0.6 is 0 Å². The summed E-state index contributed by atoms with van der Waals surface area (Å²) < 4.78 is 13.4. The Hall–Kier alpha value is -2.15. The van der Waals surface area contributed by atoms with Crippen LogP contribution in [0.1, 0.15) is 17.5 Å². The molecule has 0 saturated carbocycles. The van der Waals surface area contributed by atoms with E-state index in [1.807, 2.05) is 0 Å². The molecule has 1 aromatic rings. The number of aliphatic carboxylic acids is 1. The number of carbonyl (C=O) groups is 1. The maximum absolute atomic E-state index is 13.4. The highest BCUT2D eigenvalue weighted by molar-refractivity contribution is 5.70. The molecule has 0 aliphatic carbocycles. The number of benzene rings is 1. The molecule has 0 fully saturated rings. The molecule has 0 atom stereocenters. The van der Waals surface area contributed by atoms with Crippen LogP contribution in [0.4, 0.5) is 4.39 Å². The van der Waals surface area contributed by atoms with E-state index >= 15 is 0 Å². The Kier molecular flexibility index (Phi) is 3.58. The van der Waals surface area contributed by atoms with Crippen molar-refractivity contribution in [3.8, 4) is 6.07 Å². The van der Waals surface area contributed by atoms with Crippen LogP contribution in [0.25, 0.3) is 6.08 Å². The minimum Gasteiger partial charge on any atom is -0.481 e. The van der Waals surface area contributed by atoms with Gasteiger partial charge in [0, 0.05) is 5.56 Å². The number of halogens is 1. The number of hydrogen-bond donors (Lipinski definition) is 1. The second-order valence-electron chi connectivity index (χ2n) is 2.82. The maximum atomic E-state index is 13.4. The first-order chi connectivity index (χ1) is 7.15. The molecule has 1 rings (SSSR count). The lowest BCUT2D eigenvalue weighted by molar-refractivity contribution is -0.135. The van der Waals surface area contributed by atoms with E-state index in [-0.39, 0.29) is 17.5 Å². The summed E-state index contributed by atoms with van der Waals surface area (Å²) >= 11 is 0. The van der Waals surface area contributed by atoms with Crippen molar-refractivity contribution in [1.29, 1.82) is 5.26 Å². The molecule has 4 heteroatoms. The zero-order chi connectivity index (χ0) is 11.3. The molecule has 1 N–H and O–H groups in total. The summed E-state index contributed by atoms with van der Waals surface area (Å²) in [5.74, 6) is -1.61. The van der Waals surface area contributed by atoms with Gasteiger partial charge in [-0.2, -0.15) is 5.26 Å². The third kappa shape index (κ3) is 2.92. The van der Waals surface area contributed by atoms with Crippen molar-refractivity contribution in [1.82, 2.24) is 0 Å². The highest BCUT2D eigenvalue weighted by Gasteiger charge is 2.04. The zero-order valence-corrected chi connectivity index (χ0v) is 7.77. The monoisotopic (exact) mass is 205 g/mol. The van der Waals surface area contributed by atoms with Crippen molar-refractivity contribution in [2.45, 2.75) is 6.42 Å². The van der Waals surface area contributed by atoms with Crippen LogP contribution in [0.5, 0.6) is 0 Å². The van der Waals surface area contributed by atoms with Gasteiger partial charge in [-0.1, -0.05) is 24.3 Å². The first kappa shape index (κ1) is 10.9. The Morgan fingerprint density at radius 3 is 2.93 bits per heavy atom. The number of nitrogens with zero attached hydrogens (tertiary/aromatic N) is 1. The van der Waals surface area contributed by atoms with Crippen molar-refractivity contribution in [2.24, 2.45) is 0 Å². The molecule has 0 heterocycles. The Morgan fingerprint density at radius 1 is 1.60 bits per heavy atom. The van der Waals surface area contributed by atoms with Crippen molar-refractivity contribution >= 4 is 12.0 Å². The second-order valence-corrected chi connectivity index (χ2v) is 2.82. The predicted octanol–water partition coefficient (Wildman–Crippen LogP) is 2.19. The van der Waals surface area contributed by atoms with Gasteiger partial charge in [0.1, 0.15) is 11.9 Å². The first-order valence-corrected chi connectivity index (χ1v) is 4.22. The van der Waals surface area contributed by atoms with Crippen LogP contribution in [0, 0.1) is 17.1 Å². The van der Waals surface area contributed by atoms with Gasteiger partial charge in [-0.25, -0.2) is 4.39 Å². The topological polar surface area (TPSA) is 61.1 Å². The van der Waals surface area contributed by atoms with Crippen molar-refractivity contribution in [3.05, 3.63) is 41.2 Å². The molecule has 1 aromatic carbocycles. The molecular formula is C11H8FNO2. The van der Waals surface area contributed by atoms with Crippen LogP contribution in [0.2, 0.25) is 0 Å². The van der Waals surface area contributed by atoms with Crippen molar-refractivity contribution in [2.75, 3.05) is 0 Å². The van der Waals surface area contributed by atoms with E-state index in [1.165, 1.54) is 24.3 Å². The van der Waals surface area contributed by atoms with Gasteiger partial charge < -0.3 is 5.11 Å². The minimum absolute atomic E-state index is 0.0486. The smallest absolute Gasteiger partial charge is 0.307 e. The molecule has 0 amide bonds. The highest BCUT2D eigenvalue weighted by Crippen LogP contribution is 2.13. The molecule has 0 aliphatic heterocycles. The summed E-state index contributed by atoms with van der Waals surface area (Å²) in [6.07, 6.45) is 2.52. The molecule has 0 bridgehead atoms. The lowest BCUT2D eigenvalue weighted by atomic mass is 10.1. The number of nitriles is 1. The molecule has 76 valence electrons. The molecule has 0 spiro atoms. The Labute approximate surface area is 86.1 Å². The zero-order valence-electron chi connectivity index (χ0n) is 7.77. The minimum atomic E-state index is -0.983. The van der Waals surface area contributed by atoms with E-state index in [0.717, 1.165) is 0 Å². The van der Waals surface area contributed by atoms with Gasteiger partial charge in [-0.3, -0.25) is 4.79 Å². The summed E-state index contributed by atoms with van der Waals surface area (Å²) in [5, 5.41) is 16.9. The van der Waals surface area contributed by atoms with E-state index in [0.29, 0.717) is 0 Å². The fraction of sp³-hybridized carbons (Fsp3) is 0.0909. The molecule has 0 unspecified atom stereocenters. The number of carboxylic acid groups (broad SMARTS) is 1. The van der Waals surface area contributed by atoms with Gasteiger partial charge in [-0.05, 0) is 6.07 Å². The quantitative estimate of drug-likeness (QED) is 0.822. The van der Waals surface area contributed by atoms with Gasteiger partial charge >= 0.3 is 5.97 Å². The Bertz CT molecular complexity index is 446. The maximum Gasteiger partial charge on any atom is 0.307 e. The molecule has 0 aromatic heterocycles. The number of rotatable bonds is 3. The fourth-order valence-electron chi connectivity index (χ4n) is 1.05. The van der Waals surface area contributed by atoms with Gasteiger partial charge in [-0.15, -0.1) is 0 Å². The van der Waals surface area contributed by atoms with E-state index in [2.05, 4.69) is 0 Å². The standard InChI is InChI=1S/C11H8FNO2/c12-11-8(4-2-6-10(14)15)3-1-5-9(11)7-13/h1-5H,6H2,(H,14,15). The first-order valence-electron chi connectivity index (χ1n) is 4.22. The third-order valence-electron chi connectivity index (χ3n) is 1.74. The van der Waals surface area contributed by atoms with E-state index < -0.39 is 11.8 Å². The molecular weight excluding hydrogens is 197 g/mol. The van der Waals surface area contributed by atoms with Crippen molar-refractivity contribution < 1.29 is 14.3 Å². The van der Waals surface area contributed by atoms with Crippen LogP contribution in [0.15, 0.2) is 24.3 Å². The lowest BCUT2D eigenvalue weighted by Crippen LogP contribution is -1.91. The van der Waals surface area contributed by atoms with E-state index in [1.54, 1.807) is 12.1 Å². The van der Waals surface area contributed by atoms with Gasteiger partial charge in [0.2, 0.25) is 0 Å². The average molecular weight is 205 g/mol. The Morgan fingerprint density at radius 2 is 2.33 bits per heavy atom. The lowest BCUT2D eigenvalue weighted by Gasteiger charge is -1.97. The highest BCUT2D eigenvalue weighted by atomic mass is 19.1. The second kappa shape index (κ2) is 4.91. The summed E-state index contributed by atoms with van der Waals surface area (Å²) in [5.41, 5.74) is 0.169. The molecule has 0 aliphatic rings. The van der Waals surface area contributed by atoms with Crippen LogP contribution in [-0.4, -0.2) is 11.1 Å². The molecule has 15 heavy (non-hydrogen) atoms.